The molecule has 0 spiro atoms. The summed E-state index contributed by atoms with van der Waals surface area (Å²) in [6.07, 6.45) is 0. The minimum atomic E-state index is -0.302. The van der Waals surface area contributed by atoms with E-state index in [1.54, 1.807) is 12.1 Å². The minimum absolute atomic E-state index is 0.163. The van der Waals surface area contributed by atoms with E-state index in [1.807, 2.05) is 72.8 Å². The van der Waals surface area contributed by atoms with Crippen LogP contribution in [0.25, 0.3) is 44.5 Å². The molecule has 2 aromatic heterocycles. The van der Waals surface area contributed by atoms with Gasteiger partial charge in [0.05, 0.1) is 11.4 Å². The number of H-pyrrole nitrogens is 1. The van der Waals surface area contributed by atoms with Crippen LogP contribution in [0, 0.1) is 5.82 Å². The van der Waals surface area contributed by atoms with E-state index in [0.29, 0.717) is 11.3 Å². The average molecular weight is 392 g/mol. The Bertz CT molecular complexity index is 1410. The van der Waals surface area contributed by atoms with Gasteiger partial charge in [-0.2, -0.15) is 0 Å². The molecule has 0 bridgehead atoms. The molecule has 0 aliphatic rings. The van der Waals surface area contributed by atoms with Gasteiger partial charge in [0.25, 0.3) is 5.56 Å². The number of aromatic nitrogens is 2. The van der Waals surface area contributed by atoms with E-state index in [2.05, 4.69) is 4.98 Å². The smallest absolute Gasteiger partial charge is 0.256 e. The number of nitrogens with one attached hydrogen (secondary N) is 1. The van der Waals surface area contributed by atoms with Crippen molar-refractivity contribution >= 4 is 10.9 Å². The van der Waals surface area contributed by atoms with Crippen molar-refractivity contribution in [3.63, 3.8) is 0 Å². The highest BCUT2D eigenvalue weighted by Crippen LogP contribution is 2.30. The lowest BCUT2D eigenvalue weighted by molar-refractivity contribution is 0.628. The van der Waals surface area contributed by atoms with E-state index >= 15 is 0 Å². The third-order valence-corrected chi connectivity index (χ3v) is 5.10. The molecule has 0 fully saturated rings. The number of benzene rings is 3. The molecule has 144 valence electrons. The number of nitrogens with zero attached hydrogens (tertiary/aromatic N) is 1. The summed E-state index contributed by atoms with van der Waals surface area (Å²) in [7, 11) is 0. The first-order chi connectivity index (χ1) is 14.7. The molecular formula is C26H17FN2O. The van der Waals surface area contributed by atoms with Gasteiger partial charge >= 0.3 is 0 Å². The van der Waals surface area contributed by atoms with E-state index in [9.17, 15) is 9.18 Å². The molecule has 0 unspecified atom stereocenters. The number of hydrogen-bond acceptors (Lipinski definition) is 2. The number of rotatable bonds is 3. The second-order valence-corrected chi connectivity index (χ2v) is 7.10. The summed E-state index contributed by atoms with van der Waals surface area (Å²) in [5, 5.41) is 0.952. The Balaban J connectivity index is 1.75. The van der Waals surface area contributed by atoms with Crippen molar-refractivity contribution in [1.29, 1.82) is 0 Å². The van der Waals surface area contributed by atoms with Gasteiger partial charge in [-0.1, -0.05) is 48.5 Å². The van der Waals surface area contributed by atoms with Crippen molar-refractivity contribution in [3.8, 4) is 33.6 Å². The van der Waals surface area contributed by atoms with Crippen LogP contribution in [-0.2, 0) is 0 Å². The first-order valence-electron chi connectivity index (χ1n) is 9.63. The fraction of sp³-hybridized carbons (Fsp3) is 0. The molecule has 0 saturated carbocycles. The first kappa shape index (κ1) is 18.0. The summed E-state index contributed by atoms with van der Waals surface area (Å²) in [6, 6.07) is 29.4. The van der Waals surface area contributed by atoms with Crippen molar-refractivity contribution < 1.29 is 4.39 Å². The van der Waals surface area contributed by atoms with Crippen LogP contribution in [0.4, 0.5) is 4.39 Å². The Morgan fingerprint density at radius 1 is 0.667 bits per heavy atom. The van der Waals surface area contributed by atoms with E-state index in [0.717, 1.165) is 33.3 Å². The Morgan fingerprint density at radius 3 is 2.03 bits per heavy atom. The zero-order valence-corrected chi connectivity index (χ0v) is 16.0. The van der Waals surface area contributed by atoms with Gasteiger partial charge in [-0.3, -0.25) is 4.79 Å². The lowest BCUT2D eigenvalue weighted by Crippen LogP contribution is -2.09. The maximum Gasteiger partial charge on any atom is 0.256 e. The molecule has 0 amide bonds. The van der Waals surface area contributed by atoms with Crippen LogP contribution in [0.3, 0.4) is 0 Å². The van der Waals surface area contributed by atoms with E-state index < -0.39 is 0 Å². The summed E-state index contributed by atoms with van der Waals surface area (Å²) < 4.78 is 13.4. The molecule has 0 atom stereocenters. The van der Waals surface area contributed by atoms with E-state index in [1.165, 1.54) is 12.1 Å². The maximum absolute atomic E-state index is 13.4. The maximum atomic E-state index is 13.4. The highest BCUT2D eigenvalue weighted by atomic mass is 19.1. The second kappa shape index (κ2) is 7.41. The molecule has 0 saturated heterocycles. The number of para-hydroxylation sites is 1. The van der Waals surface area contributed by atoms with Gasteiger partial charge in [-0.15, -0.1) is 0 Å². The van der Waals surface area contributed by atoms with Gasteiger partial charge in [0.15, 0.2) is 0 Å². The van der Waals surface area contributed by atoms with Crippen LogP contribution >= 0.6 is 0 Å². The Morgan fingerprint density at radius 2 is 1.30 bits per heavy atom. The molecular weight excluding hydrogens is 375 g/mol. The predicted molar refractivity (Wildman–Crippen MR) is 119 cm³/mol. The summed E-state index contributed by atoms with van der Waals surface area (Å²) in [6.45, 7) is 0. The molecule has 3 nitrogen and oxygen atoms in total. The predicted octanol–water partition coefficient (Wildman–Crippen LogP) is 6.06. The van der Waals surface area contributed by atoms with Crippen LogP contribution in [-0.4, -0.2) is 9.97 Å². The molecule has 0 aliphatic heterocycles. The highest BCUT2D eigenvalue weighted by molar-refractivity contribution is 5.85. The highest BCUT2D eigenvalue weighted by Gasteiger charge is 2.12. The molecule has 0 aliphatic carbocycles. The fourth-order valence-electron chi connectivity index (χ4n) is 3.57. The third kappa shape index (κ3) is 3.40. The lowest BCUT2D eigenvalue weighted by Gasteiger charge is -2.10. The molecule has 1 N–H and O–H groups in total. The van der Waals surface area contributed by atoms with Gasteiger partial charge in [-0.25, -0.2) is 9.37 Å². The molecule has 0 radical (unpaired) electrons. The Kier molecular flexibility index (Phi) is 4.45. The van der Waals surface area contributed by atoms with E-state index in [4.69, 9.17) is 4.98 Å². The molecule has 4 heteroatoms. The lowest BCUT2D eigenvalue weighted by atomic mass is 10.00. The second-order valence-electron chi connectivity index (χ2n) is 7.10. The number of fused-ring (bicyclic) bond motifs is 1. The molecule has 2 heterocycles. The van der Waals surface area contributed by atoms with Crippen molar-refractivity contribution in [2.24, 2.45) is 0 Å². The largest absolute Gasteiger partial charge is 0.321 e. The van der Waals surface area contributed by atoms with Crippen LogP contribution in [0.1, 0.15) is 0 Å². The molecule has 5 rings (SSSR count). The van der Waals surface area contributed by atoms with Crippen molar-refractivity contribution in [3.05, 3.63) is 113 Å². The topological polar surface area (TPSA) is 45.8 Å². The van der Waals surface area contributed by atoms with Gasteiger partial charge in [0.2, 0.25) is 0 Å². The van der Waals surface area contributed by atoms with Crippen molar-refractivity contribution in [2.45, 2.75) is 0 Å². The van der Waals surface area contributed by atoms with Crippen molar-refractivity contribution in [1.82, 2.24) is 9.97 Å². The number of aromatic amines is 1. The van der Waals surface area contributed by atoms with Crippen LogP contribution < -0.4 is 5.56 Å². The monoisotopic (exact) mass is 392 g/mol. The number of halogens is 1. The van der Waals surface area contributed by atoms with Crippen molar-refractivity contribution in [2.75, 3.05) is 0 Å². The van der Waals surface area contributed by atoms with Gasteiger partial charge in [0.1, 0.15) is 5.82 Å². The quantitative estimate of drug-likeness (QED) is 0.405. The summed E-state index contributed by atoms with van der Waals surface area (Å²) in [4.78, 5) is 20.6. The molecule has 5 aromatic rings. The average Bonchev–Trinajstić information content (AvgIpc) is 2.79. The van der Waals surface area contributed by atoms with E-state index in [-0.39, 0.29) is 11.4 Å². The summed E-state index contributed by atoms with van der Waals surface area (Å²) >= 11 is 0. The number of pyridine rings is 2. The fourth-order valence-corrected chi connectivity index (χ4v) is 3.57. The van der Waals surface area contributed by atoms with Gasteiger partial charge in [0, 0.05) is 22.2 Å². The SMILES string of the molecule is O=c1[nH]c2ccccc2cc1-c1cc(-c2ccccc2)nc(-c2ccc(F)cc2)c1. The number of hydrogen-bond donors (Lipinski definition) is 1. The molecule has 3 aromatic carbocycles. The normalized spacial score (nSPS) is 11.0. The standard InChI is InChI=1S/C26H17FN2O/c27-21-12-10-18(11-13-21)25-16-20(15-24(28-25)17-6-2-1-3-7-17)22-14-19-8-4-5-9-23(19)29-26(22)30/h1-16H,(H,29,30). The van der Waals surface area contributed by atoms with Gasteiger partial charge in [-0.05, 0) is 59.5 Å². The summed E-state index contributed by atoms with van der Waals surface area (Å²) in [5.41, 5.74) is 5.12. The zero-order valence-electron chi connectivity index (χ0n) is 16.0. The zero-order chi connectivity index (χ0) is 20.5. The first-order valence-corrected chi connectivity index (χ1v) is 9.63. The Hall–Kier alpha value is -4.05. The minimum Gasteiger partial charge on any atom is -0.321 e. The summed E-state index contributed by atoms with van der Waals surface area (Å²) in [5.74, 6) is -0.302. The van der Waals surface area contributed by atoms with Crippen LogP contribution in [0.5, 0.6) is 0 Å². The van der Waals surface area contributed by atoms with Crippen LogP contribution in [0.2, 0.25) is 0 Å². The van der Waals surface area contributed by atoms with Gasteiger partial charge < -0.3 is 4.98 Å². The van der Waals surface area contributed by atoms with Crippen LogP contribution in [0.15, 0.2) is 102 Å². The molecule has 30 heavy (non-hydrogen) atoms. The Labute approximate surface area is 172 Å². The third-order valence-electron chi connectivity index (χ3n) is 5.10.